The highest BCUT2D eigenvalue weighted by Gasteiger charge is 2.29. The molecule has 3 nitrogen and oxygen atoms in total. The number of halogens is 1. The normalized spacial score (nSPS) is 17.0. The number of alkyl halides is 1. The van der Waals surface area contributed by atoms with Crippen molar-refractivity contribution >= 4 is 22.6 Å². The molecule has 0 heterocycles. The number of rotatable bonds is 7. The van der Waals surface area contributed by atoms with Gasteiger partial charge < -0.3 is 14.4 Å². The first kappa shape index (κ1) is 14.9. The molecule has 1 aliphatic rings. The van der Waals surface area contributed by atoms with Gasteiger partial charge in [-0.25, -0.2) is 0 Å². The number of nitrogens with zero attached hydrogens (tertiary/aromatic N) is 1. The van der Waals surface area contributed by atoms with Gasteiger partial charge in [-0.3, -0.25) is 0 Å². The van der Waals surface area contributed by atoms with E-state index in [9.17, 15) is 0 Å². The van der Waals surface area contributed by atoms with Crippen molar-refractivity contribution < 1.29 is 9.47 Å². The van der Waals surface area contributed by atoms with Gasteiger partial charge in [0.05, 0.1) is 14.2 Å². The molecule has 0 saturated heterocycles. The molecule has 2 rings (SSSR count). The first-order valence-corrected chi connectivity index (χ1v) is 8.21. The van der Waals surface area contributed by atoms with Crippen molar-refractivity contribution in [3.8, 4) is 11.5 Å². The summed E-state index contributed by atoms with van der Waals surface area (Å²) in [5.74, 6) is 2.34. The summed E-state index contributed by atoms with van der Waals surface area (Å²) in [5.41, 5.74) is 2.84. The molecule has 0 saturated carbocycles. The van der Waals surface area contributed by atoms with E-state index in [4.69, 9.17) is 9.47 Å². The molecule has 0 bridgehead atoms. The summed E-state index contributed by atoms with van der Waals surface area (Å²) in [6.07, 6.45) is 2.42. The van der Waals surface area contributed by atoms with Gasteiger partial charge in [0.15, 0.2) is 11.5 Å². The Bertz CT molecular complexity index is 436. The van der Waals surface area contributed by atoms with E-state index in [1.165, 1.54) is 28.5 Å². The third-order valence-corrected chi connectivity index (χ3v) is 4.52. The molecule has 106 valence electrons. The number of ether oxygens (including phenoxy) is 2. The van der Waals surface area contributed by atoms with Crippen molar-refractivity contribution in [2.24, 2.45) is 0 Å². The summed E-state index contributed by atoms with van der Waals surface area (Å²) in [5, 5.41) is 0. The SMILES string of the molecule is COc1cc2c(cc1OC)[C@@H](CN(C)CCCI)C2. The quantitative estimate of drug-likeness (QED) is 0.540. The molecule has 0 radical (unpaired) electrons. The fourth-order valence-corrected chi connectivity index (χ4v) is 3.04. The minimum absolute atomic E-state index is 0.647. The number of hydrogen-bond acceptors (Lipinski definition) is 3. The maximum absolute atomic E-state index is 5.38. The average molecular weight is 375 g/mol. The molecule has 0 aliphatic heterocycles. The van der Waals surface area contributed by atoms with Crippen LogP contribution in [-0.4, -0.2) is 43.7 Å². The predicted molar refractivity (Wildman–Crippen MR) is 87.0 cm³/mol. The van der Waals surface area contributed by atoms with Crippen LogP contribution in [0.2, 0.25) is 0 Å². The minimum Gasteiger partial charge on any atom is -0.493 e. The second-order valence-corrected chi connectivity index (χ2v) is 6.19. The molecular weight excluding hydrogens is 353 g/mol. The Hall–Kier alpha value is -0.490. The highest BCUT2D eigenvalue weighted by Crippen LogP contribution is 2.42. The molecule has 0 fully saturated rings. The van der Waals surface area contributed by atoms with Crippen molar-refractivity contribution in [3.63, 3.8) is 0 Å². The van der Waals surface area contributed by atoms with Gasteiger partial charge in [0.2, 0.25) is 0 Å². The molecule has 0 amide bonds. The van der Waals surface area contributed by atoms with Gasteiger partial charge in [0.1, 0.15) is 0 Å². The first-order valence-electron chi connectivity index (χ1n) is 6.69. The Balaban J connectivity index is 2.02. The van der Waals surface area contributed by atoms with Crippen molar-refractivity contribution in [2.75, 3.05) is 38.8 Å². The zero-order valence-corrected chi connectivity index (χ0v) is 14.1. The smallest absolute Gasteiger partial charge is 0.161 e. The molecule has 0 spiro atoms. The highest BCUT2D eigenvalue weighted by atomic mass is 127. The van der Waals surface area contributed by atoms with Crippen LogP contribution in [0, 0.1) is 0 Å². The van der Waals surface area contributed by atoms with Crippen molar-refractivity contribution in [1.29, 1.82) is 0 Å². The molecule has 19 heavy (non-hydrogen) atoms. The summed E-state index contributed by atoms with van der Waals surface area (Å²) >= 11 is 2.44. The number of fused-ring (bicyclic) bond motifs is 1. The van der Waals surface area contributed by atoms with Crippen LogP contribution >= 0.6 is 22.6 Å². The Morgan fingerprint density at radius 2 is 1.95 bits per heavy atom. The van der Waals surface area contributed by atoms with E-state index < -0.39 is 0 Å². The number of benzene rings is 1. The highest BCUT2D eigenvalue weighted by molar-refractivity contribution is 14.1. The van der Waals surface area contributed by atoms with Gasteiger partial charge in [-0.15, -0.1) is 0 Å². The van der Waals surface area contributed by atoms with Crippen LogP contribution in [0.4, 0.5) is 0 Å². The maximum atomic E-state index is 5.38. The lowest BCUT2D eigenvalue weighted by molar-refractivity contribution is 0.298. The van der Waals surface area contributed by atoms with E-state index in [0.29, 0.717) is 5.92 Å². The summed E-state index contributed by atoms with van der Waals surface area (Å²) < 4.78 is 12.0. The number of hydrogen-bond donors (Lipinski definition) is 0. The van der Waals surface area contributed by atoms with Crippen LogP contribution in [0.3, 0.4) is 0 Å². The third-order valence-electron chi connectivity index (χ3n) is 3.76. The van der Waals surface area contributed by atoms with Crippen LogP contribution in [0.15, 0.2) is 12.1 Å². The van der Waals surface area contributed by atoms with Crippen LogP contribution in [0.1, 0.15) is 23.5 Å². The molecule has 0 N–H and O–H groups in total. The van der Waals surface area contributed by atoms with Gasteiger partial charge in [0.25, 0.3) is 0 Å². The van der Waals surface area contributed by atoms with Gasteiger partial charge in [-0.2, -0.15) is 0 Å². The van der Waals surface area contributed by atoms with Crippen LogP contribution in [-0.2, 0) is 6.42 Å². The van der Waals surface area contributed by atoms with Crippen LogP contribution < -0.4 is 9.47 Å². The standard InChI is InChI=1S/C15H22INO2/c1-17(6-4-5-16)10-12-7-11-8-14(18-2)15(19-3)9-13(11)12/h8-9,12H,4-7,10H2,1-3H3/t12-/m1/s1. The first-order chi connectivity index (χ1) is 9.19. The molecule has 4 heteroatoms. The van der Waals surface area contributed by atoms with Gasteiger partial charge in [0, 0.05) is 16.9 Å². The molecule has 0 aromatic heterocycles. The van der Waals surface area contributed by atoms with Crippen LogP contribution in [0.5, 0.6) is 11.5 Å². The average Bonchev–Trinajstić information content (AvgIpc) is 2.41. The van der Waals surface area contributed by atoms with Crippen molar-refractivity contribution in [3.05, 3.63) is 23.3 Å². The second-order valence-electron chi connectivity index (χ2n) is 5.11. The van der Waals surface area contributed by atoms with E-state index in [-0.39, 0.29) is 0 Å². The number of methoxy groups -OCH3 is 2. The monoisotopic (exact) mass is 375 g/mol. The van der Waals surface area contributed by atoms with Gasteiger partial charge >= 0.3 is 0 Å². The van der Waals surface area contributed by atoms with Gasteiger partial charge in [-0.1, -0.05) is 22.6 Å². The topological polar surface area (TPSA) is 21.7 Å². The minimum atomic E-state index is 0.647. The number of likely N-dealkylation sites (N-methyl/N-ethyl adjacent to an activating group) is 1. The largest absolute Gasteiger partial charge is 0.493 e. The second kappa shape index (κ2) is 6.79. The van der Waals surface area contributed by atoms with Crippen molar-refractivity contribution in [2.45, 2.75) is 18.8 Å². The van der Waals surface area contributed by atoms with E-state index in [1.54, 1.807) is 14.2 Å². The Morgan fingerprint density at radius 1 is 1.26 bits per heavy atom. The lowest BCUT2D eigenvalue weighted by Crippen LogP contribution is -2.31. The molecule has 1 atom stereocenters. The Kier molecular flexibility index (Phi) is 5.33. The van der Waals surface area contributed by atoms with E-state index in [2.05, 4.69) is 46.7 Å². The van der Waals surface area contributed by atoms with E-state index in [1.807, 2.05) is 0 Å². The Morgan fingerprint density at radius 3 is 2.58 bits per heavy atom. The molecule has 1 aromatic rings. The van der Waals surface area contributed by atoms with Crippen molar-refractivity contribution in [1.82, 2.24) is 4.90 Å². The lowest BCUT2D eigenvalue weighted by Gasteiger charge is -2.34. The molecule has 1 aromatic carbocycles. The summed E-state index contributed by atoms with van der Waals surface area (Å²) in [6.45, 7) is 2.32. The van der Waals surface area contributed by atoms with E-state index in [0.717, 1.165) is 24.5 Å². The fraction of sp³-hybridized carbons (Fsp3) is 0.600. The predicted octanol–water partition coefficient (Wildman–Crippen LogP) is 3.10. The molecule has 1 aliphatic carbocycles. The fourth-order valence-electron chi connectivity index (χ4n) is 2.70. The zero-order chi connectivity index (χ0) is 13.8. The maximum Gasteiger partial charge on any atom is 0.161 e. The third kappa shape index (κ3) is 3.34. The zero-order valence-electron chi connectivity index (χ0n) is 11.9. The van der Waals surface area contributed by atoms with Crippen LogP contribution in [0.25, 0.3) is 0 Å². The molecule has 0 unspecified atom stereocenters. The summed E-state index contributed by atoms with van der Waals surface area (Å²) in [7, 11) is 5.60. The summed E-state index contributed by atoms with van der Waals surface area (Å²) in [6, 6.07) is 4.27. The van der Waals surface area contributed by atoms with E-state index >= 15 is 0 Å². The lowest BCUT2D eigenvalue weighted by atomic mass is 9.77. The summed E-state index contributed by atoms with van der Waals surface area (Å²) in [4.78, 5) is 2.43. The van der Waals surface area contributed by atoms with Gasteiger partial charge in [-0.05, 0) is 49.7 Å². The Labute approximate surface area is 129 Å². The molecular formula is C15H22INO2.